The third kappa shape index (κ3) is 3.91. The first-order valence-electron chi connectivity index (χ1n) is 7.00. The van der Waals surface area contributed by atoms with E-state index < -0.39 is 15.8 Å². The maximum absolute atomic E-state index is 12.2. The molecule has 0 aliphatic carbocycles. The van der Waals surface area contributed by atoms with Gasteiger partial charge in [0.15, 0.2) is 0 Å². The Balaban J connectivity index is 2.03. The number of anilines is 1. The number of nitro benzene ring substituents is 1. The monoisotopic (exact) mass is 333 g/mol. The van der Waals surface area contributed by atoms with Crippen LogP contribution in [-0.2, 0) is 11.3 Å². The van der Waals surface area contributed by atoms with E-state index in [-0.39, 0.29) is 23.8 Å². The van der Waals surface area contributed by atoms with Crippen LogP contribution in [0.3, 0.4) is 0 Å². The van der Waals surface area contributed by atoms with E-state index in [0.717, 1.165) is 6.20 Å². The molecule has 1 atom stereocenters. The predicted octanol–water partition coefficient (Wildman–Crippen LogP) is 2.28. The molecule has 1 amide bonds. The Hall–Kier alpha value is -3.30. The van der Waals surface area contributed by atoms with Crippen molar-refractivity contribution in [3.05, 3.63) is 56.4 Å². The Bertz CT molecular complexity index is 801. The summed E-state index contributed by atoms with van der Waals surface area (Å²) >= 11 is 0. The Labute approximate surface area is 136 Å². The van der Waals surface area contributed by atoms with Crippen LogP contribution in [-0.4, -0.2) is 25.5 Å². The zero-order valence-electron chi connectivity index (χ0n) is 13.0. The molecule has 0 spiro atoms. The van der Waals surface area contributed by atoms with Crippen molar-refractivity contribution in [3.8, 4) is 0 Å². The Morgan fingerprint density at radius 1 is 1.29 bits per heavy atom. The molecule has 0 aliphatic rings. The number of carbonyl (C=O) groups is 1. The standard InChI is InChI=1S/C14H15N5O5/c1-9-5-11(18(21)22)3-4-13(9)16-14(20)10(2)7-17-8-12(6-15-17)19(23)24/h3-6,8,10H,7H2,1-2H3,(H,16,20). The van der Waals surface area contributed by atoms with E-state index in [4.69, 9.17) is 0 Å². The van der Waals surface area contributed by atoms with Crippen LogP contribution in [0.4, 0.5) is 17.1 Å². The number of hydrogen-bond acceptors (Lipinski definition) is 6. The van der Waals surface area contributed by atoms with Crippen molar-refractivity contribution in [2.45, 2.75) is 20.4 Å². The number of nitrogens with one attached hydrogen (secondary N) is 1. The van der Waals surface area contributed by atoms with Gasteiger partial charge in [-0.2, -0.15) is 5.10 Å². The lowest BCUT2D eigenvalue weighted by atomic mass is 10.1. The second-order valence-electron chi connectivity index (χ2n) is 5.32. The molecule has 10 nitrogen and oxygen atoms in total. The first-order valence-corrected chi connectivity index (χ1v) is 7.00. The number of carbonyl (C=O) groups excluding carboxylic acids is 1. The molecule has 126 valence electrons. The van der Waals surface area contributed by atoms with Crippen molar-refractivity contribution < 1.29 is 14.6 Å². The Morgan fingerprint density at radius 2 is 1.96 bits per heavy atom. The summed E-state index contributed by atoms with van der Waals surface area (Å²) in [5.74, 6) is -0.816. The zero-order chi connectivity index (χ0) is 17.9. The summed E-state index contributed by atoms with van der Waals surface area (Å²) in [7, 11) is 0. The summed E-state index contributed by atoms with van der Waals surface area (Å²) in [5.41, 5.74) is 0.847. The van der Waals surface area contributed by atoms with Crippen LogP contribution in [0.5, 0.6) is 0 Å². The number of hydrogen-bond donors (Lipinski definition) is 1. The SMILES string of the molecule is Cc1cc([N+](=O)[O-])ccc1NC(=O)C(C)Cn1cc([N+](=O)[O-])cn1. The number of amides is 1. The molecule has 24 heavy (non-hydrogen) atoms. The minimum absolute atomic E-state index is 0.0533. The molecule has 1 heterocycles. The maximum Gasteiger partial charge on any atom is 0.306 e. The highest BCUT2D eigenvalue weighted by Crippen LogP contribution is 2.22. The minimum atomic E-state index is -0.561. The molecule has 0 fully saturated rings. The summed E-state index contributed by atoms with van der Waals surface area (Å²) in [6.45, 7) is 3.49. The van der Waals surface area contributed by atoms with Gasteiger partial charge in [-0.05, 0) is 18.6 Å². The van der Waals surface area contributed by atoms with Crippen LogP contribution in [0.2, 0.25) is 0 Å². The second kappa shape index (κ2) is 6.86. The lowest BCUT2D eigenvalue weighted by molar-refractivity contribution is -0.385. The number of rotatable bonds is 6. The summed E-state index contributed by atoms with van der Waals surface area (Å²) < 4.78 is 1.32. The third-order valence-electron chi connectivity index (χ3n) is 3.42. The van der Waals surface area contributed by atoms with Crippen LogP contribution in [0, 0.1) is 33.1 Å². The van der Waals surface area contributed by atoms with Crippen LogP contribution < -0.4 is 5.32 Å². The van der Waals surface area contributed by atoms with Crippen molar-refractivity contribution in [2.75, 3.05) is 5.32 Å². The molecule has 0 bridgehead atoms. The molecular weight excluding hydrogens is 318 g/mol. The highest BCUT2D eigenvalue weighted by Gasteiger charge is 2.18. The number of aryl methyl sites for hydroxylation is 1. The molecule has 2 rings (SSSR count). The molecule has 1 unspecified atom stereocenters. The number of nitro groups is 2. The molecular formula is C14H15N5O5. The van der Waals surface area contributed by atoms with Crippen molar-refractivity contribution >= 4 is 23.0 Å². The molecule has 1 aromatic heterocycles. The first kappa shape index (κ1) is 17.1. The van der Waals surface area contributed by atoms with Crippen LogP contribution >= 0.6 is 0 Å². The van der Waals surface area contributed by atoms with E-state index in [9.17, 15) is 25.0 Å². The van der Waals surface area contributed by atoms with Gasteiger partial charge < -0.3 is 5.32 Å². The van der Waals surface area contributed by atoms with Gasteiger partial charge in [-0.15, -0.1) is 0 Å². The summed E-state index contributed by atoms with van der Waals surface area (Å²) in [6.07, 6.45) is 2.37. The number of benzene rings is 1. The van der Waals surface area contributed by atoms with Gasteiger partial charge in [0, 0.05) is 17.8 Å². The quantitative estimate of drug-likeness (QED) is 0.636. The fraction of sp³-hybridized carbons (Fsp3) is 0.286. The van der Waals surface area contributed by atoms with Crippen LogP contribution in [0.25, 0.3) is 0 Å². The molecule has 10 heteroatoms. The highest BCUT2D eigenvalue weighted by molar-refractivity contribution is 5.93. The third-order valence-corrected chi connectivity index (χ3v) is 3.42. The van der Waals surface area contributed by atoms with Crippen molar-refractivity contribution in [3.63, 3.8) is 0 Å². The van der Waals surface area contributed by atoms with Gasteiger partial charge in [-0.25, -0.2) is 0 Å². The molecule has 0 radical (unpaired) electrons. The smallest absolute Gasteiger partial charge is 0.306 e. The fourth-order valence-electron chi connectivity index (χ4n) is 2.07. The first-order chi connectivity index (χ1) is 11.3. The number of aromatic nitrogens is 2. The molecule has 0 aliphatic heterocycles. The zero-order valence-corrected chi connectivity index (χ0v) is 13.0. The number of nitrogens with zero attached hydrogens (tertiary/aromatic N) is 4. The van der Waals surface area contributed by atoms with E-state index >= 15 is 0 Å². The van der Waals surface area contributed by atoms with Gasteiger partial charge in [0.2, 0.25) is 5.91 Å². The van der Waals surface area contributed by atoms with Gasteiger partial charge in [-0.1, -0.05) is 6.92 Å². The van der Waals surface area contributed by atoms with Crippen molar-refractivity contribution in [2.24, 2.45) is 5.92 Å². The fourth-order valence-corrected chi connectivity index (χ4v) is 2.07. The lowest BCUT2D eigenvalue weighted by Gasteiger charge is -2.13. The molecule has 1 N–H and O–H groups in total. The normalized spacial score (nSPS) is 11.8. The molecule has 0 saturated carbocycles. The van der Waals surface area contributed by atoms with Gasteiger partial charge in [0.05, 0.1) is 22.3 Å². The predicted molar refractivity (Wildman–Crippen MR) is 84.5 cm³/mol. The average molecular weight is 333 g/mol. The Morgan fingerprint density at radius 3 is 2.50 bits per heavy atom. The topological polar surface area (TPSA) is 133 Å². The maximum atomic E-state index is 12.2. The van der Waals surface area contributed by atoms with E-state index in [1.165, 1.54) is 29.1 Å². The second-order valence-corrected chi connectivity index (χ2v) is 5.32. The van der Waals surface area contributed by atoms with Crippen molar-refractivity contribution in [1.82, 2.24) is 9.78 Å². The van der Waals surface area contributed by atoms with Gasteiger partial charge in [0.1, 0.15) is 12.4 Å². The Kier molecular flexibility index (Phi) is 4.87. The van der Waals surface area contributed by atoms with E-state index in [2.05, 4.69) is 10.4 Å². The minimum Gasteiger partial charge on any atom is -0.326 e. The summed E-state index contributed by atoms with van der Waals surface area (Å²) in [5, 5.41) is 27.8. The molecule has 1 aromatic carbocycles. The van der Waals surface area contributed by atoms with Gasteiger partial charge in [0.25, 0.3) is 5.69 Å². The van der Waals surface area contributed by atoms with E-state index in [0.29, 0.717) is 11.3 Å². The van der Waals surface area contributed by atoms with Crippen LogP contribution in [0.15, 0.2) is 30.6 Å². The lowest BCUT2D eigenvalue weighted by Crippen LogP contribution is -2.25. The van der Waals surface area contributed by atoms with Crippen LogP contribution in [0.1, 0.15) is 12.5 Å². The number of non-ortho nitro benzene ring substituents is 1. The summed E-state index contributed by atoms with van der Waals surface area (Å²) in [4.78, 5) is 32.5. The molecule has 0 saturated heterocycles. The van der Waals surface area contributed by atoms with Gasteiger partial charge in [-0.3, -0.25) is 29.7 Å². The average Bonchev–Trinajstić information content (AvgIpc) is 2.97. The van der Waals surface area contributed by atoms with Gasteiger partial charge >= 0.3 is 5.69 Å². The van der Waals surface area contributed by atoms with E-state index in [1.54, 1.807) is 13.8 Å². The summed E-state index contributed by atoms with van der Waals surface area (Å²) in [6, 6.07) is 4.15. The highest BCUT2D eigenvalue weighted by atomic mass is 16.6. The van der Waals surface area contributed by atoms with E-state index in [1.807, 2.05) is 0 Å². The molecule has 2 aromatic rings. The largest absolute Gasteiger partial charge is 0.326 e. The van der Waals surface area contributed by atoms with Crippen molar-refractivity contribution in [1.29, 1.82) is 0 Å².